The van der Waals surface area contributed by atoms with Crippen LogP contribution in [0.2, 0.25) is 0 Å². The van der Waals surface area contributed by atoms with Crippen LogP contribution in [-0.2, 0) is 7.05 Å². The summed E-state index contributed by atoms with van der Waals surface area (Å²) in [5, 5.41) is 8.96. The molecule has 1 aromatic carbocycles. The van der Waals surface area contributed by atoms with Crippen molar-refractivity contribution in [1.82, 2.24) is 25.4 Å². The van der Waals surface area contributed by atoms with Gasteiger partial charge in [-0.2, -0.15) is 0 Å². The highest BCUT2D eigenvalue weighted by Crippen LogP contribution is 2.27. The first kappa shape index (κ1) is 12.7. The lowest BCUT2D eigenvalue weighted by Crippen LogP contribution is -2.30. The SMILES string of the molecule is Cc1cc(C(NN)c2cnnn2C)c2ccccc2n1. The van der Waals surface area contributed by atoms with Gasteiger partial charge in [0, 0.05) is 18.1 Å². The normalized spacial score (nSPS) is 12.8. The van der Waals surface area contributed by atoms with E-state index in [9.17, 15) is 0 Å². The van der Waals surface area contributed by atoms with Crippen molar-refractivity contribution in [3.63, 3.8) is 0 Å². The largest absolute Gasteiger partial charge is 0.271 e. The third kappa shape index (κ3) is 2.04. The van der Waals surface area contributed by atoms with Crippen LogP contribution in [0.3, 0.4) is 0 Å². The maximum Gasteiger partial charge on any atom is 0.0901 e. The highest BCUT2D eigenvalue weighted by atomic mass is 15.4. The van der Waals surface area contributed by atoms with Crippen molar-refractivity contribution in [2.75, 3.05) is 0 Å². The van der Waals surface area contributed by atoms with Crippen LogP contribution in [0.15, 0.2) is 36.5 Å². The van der Waals surface area contributed by atoms with Gasteiger partial charge in [-0.25, -0.2) is 5.43 Å². The Labute approximate surface area is 116 Å². The fourth-order valence-corrected chi connectivity index (χ4v) is 2.47. The van der Waals surface area contributed by atoms with Crippen molar-refractivity contribution < 1.29 is 0 Å². The molecule has 3 rings (SSSR count). The fourth-order valence-electron chi connectivity index (χ4n) is 2.47. The Morgan fingerprint density at radius 3 is 2.80 bits per heavy atom. The average molecular weight is 268 g/mol. The predicted molar refractivity (Wildman–Crippen MR) is 76.6 cm³/mol. The zero-order valence-electron chi connectivity index (χ0n) is 11.4. The number of nitrogens with one attached hydrogen (secondary N) is 1. The number of hydrazine groups is 1. The number of para-hydroxylation sites is 1. The van der Waals surface area contributed by atoms with E-state index < -0.39 is 0 Å². The molecule has 0 spiro atoms. The Morgan fingerprint density at radius 2 is 2.10 bits per heavy atom. The quantitative estimate of drug-likeness (QED) is 0.551. The topological polar surface area (TPSA) is 81.6 Å². The fraction of sp³-hybridized carbons (Fsp3) is 0.214. The summed E-state index contributed by atoms with van der Waals surface area (Å²) in [6, 6.07) is 9.89. The third-order valence-corrected chi connectivity index (χ3v) is 3.40. The van der Waals surface area contributed by atoms with Gasteiger partial charge in [-0.3, -0.25) is 15.5 Å². The summed E-state index contributed by atoms with van der Waals surface area (Å²) >= 11 is 0. The van der Waals surface area contributed by atoms with Gasteiger partial charge in [0.2, 0.25) is 0 Å². The van der Waals surface area contributed by atoms with Gasteiger partial charge in [0.25, 0.3) is 0 Å². The number of fused-ring (bicyclic) bond motifs is 1. The smallest absolute Gasteiger partial charge is 0.0901 e. The molecule has 3 aromatic rings. The van der Waals surface area contributed by atoms with Gasteiger partial charge in [0.1, 0.15) is 0 Å². The molecule has 0 fully saturated rings. The second-order valence-corrected chi connectivity index (χ2v) is 4.75. The Bertz CT molecular complexity index is 748. The molecule has 6 heteroatoms. The van der Waals surface area contributed by atoms with Gasteiger partial charge in [0.05, 0.1) is 23.4 Å². The van der Waals surface area contributed by atoms with E-state index in [1.165, 1.54) is 0 Å². The van der Waals surface area contributed by atoms with E-state index in [1.807, 2.05) is 44.3 Å². The van der Waals surface area contributed by atoms with Crippen molar-refractivity contribution in [3.8, 4) is 0 Å². The molecule has 102 valence electrons. The van der Waals surface area contributed by atoms with Crippen LogP contribution in [0.4, 0.5) is 0 Å². The number of nitrogens with zero attached hydrogens (tertiary/aromatic N) is 4. The van der Waals surface area contributed by atoms with E-state index in [4.69, 9.17) is 5.84 Å². The maximum atomic E-state index is 5.77. The summed E-state index contributed by atoms with van der Waals surface area (Å²) in [4.78, 5) is 4.55. The summed E-state index contributed by atoms with van der Waals surface area (Å²) in [6.07, 6.45) is 1.72. The molecule has 0 aliphatic heterocycles. The van der Waals surface area contributed by atoms with E-state index in [1.54, 1.807) is 10.9 Å². The van der Waals surface area contributed by atoms with Gasteiger partial charge in [0.15, 0.2) is 0 Å². The zero-order valence-corrected chi connectivity index (χ0v) is 11.4. The number of aromatic nitrogens is 4. The van der Waals surface area contributed by atoms with Gasteiger partial charge >= 0.3 is 0 Å². The monoisotopic (exact) mass is 268 g/mol. The lowest BCUT2D eigenvalue weighted by Gasteiger charge is -2.18. The van der Waals surface area contributed by atoms with Gasteiger partial charge in [-0.15, -0.1) is 5.10 Å². The molecule has 0 aliphatic rings. The Morgan fingerprint density at radius 1 is 1.30 bits per heavy atom. The lowest BCUT2D eigenvalue weighted by molar-refractivity contribution is 0.572. The van der Waals surface area contributed by atoms with E-state index in [0.717, 1.165) is 27.9 Å². The molecule has 2 heterocycles. The highest BCUT2D eigenvalue weighted by Gasteiger charge is 2.19. The summed E-state index contributed by atoms with van der Waals surface area (Å²) < 4.78 is 1.72. The van der Waals surface area contributed by atoms with E-state index in [-0.39, 0.29) is 6.04 Å². The van der Waals surface area contributed by atoms with Gasteiger partial charge in [-0.1, -0.05) is 23.4 Å². The number of aryl methyl sites for hydroxylation is 2. The third-order valence-electron chi connectivity index (χ3n) is 3.40. The molecule has 1 unspecified atom stereocenters. The minimum Gasteiger partial charge on any atom is -0.271 e. The number of pyridine rings is 1. The van der Waals surface area contributed by atoms with Crippen molar-refractivity contribution in [1.29, 1.82) is 0 Å². The first-order chi connectivity index (χ1) is 9.70. The summed E-state index contributed by atoms with van der Waals surface area (Å²) in [7, 11) is 1.85. The van der Waals surface area contributed by atoms with Crippen LogP contribution in [0.1, 0.15) is 23.0 Å². The minimum absolute atomic E-state index is 0.179. The molecule has 20 heavy (non-hydrogen) atoms. The molecular weight excluding hydrogens is 252 g/mol. The van der Waals surface area contributed by atoms with Crippen LogP contribution >= 0.6 is 0 Å². The predicted octanol–water partition coefficient (Wildman–Crippen LogP) is 1.22. The summed E-state index contributed by atoms with van der Waals surface area (Å²) in [5.74, 6) is 5.77. The summed E-state index contributed by atoms with van der Waals surface area (Å²) in [6.45, 7) is 1.98. The van der Waals surface area contributed by atoms with Crippen LogP contribution < -0.4 is 11.3 Å². The number of rotatable bonds is 3. The number of nitrogens with two attached hydrogens (primary N) is 1. The van der Waals surface area contributed by atoms with E-state index >= 15 is 0 Å². The Hall–Kier alpha value is -2.31. The van der Waals surface area contributed by atoms with Gasteiger partial charge < -0.3 is 0 Å². The van der Waals surface area contributed by atoms with Crippen LogP contribution in [0.25, 0.3) is 10.9 Å². The van der Waals surface area contributed by atoms with Crippen molar-refractivity contribution >= 4 is 10.9 Å². The summed E-state index contributed by atoms with van der Waals surface area (Å²) in [5.41, 5.74) is 6.74. The molecule has 3 N–H and O–H groups in total. The molecule has 2 aromatic heterocycles. The molecule has 0 saturated heterocycles. The molecule has 6 nitrogen and oxygen atoms in total. The van der Waals surface area contributed by atoms with Crippen molar-refractivity contribution in [2.45, 2.75) is 13.0 Å². The lowest BCUT2D eigenvalue weighted by atomic mass is 9.99. The molecular formula is C14H16N6. The molecule has 0 aliphatic carbocycles. The minimum atomic E-state index is -0.179. The molecule has 0 bridgehead atoms. The van der Waals surface area contributed by atoms with Crippen LogP contribution in [-0.4, -0.2) is 20.0 Å². The second-order valence-electron chi connectivity index (χ2n) is 4.75. The Kier molecular flexibility index (Phi) is 3.17. The second kappa shape index (κ2) is 4.99. The molecule has 0 amide bonds. The number of benzene rings is 1. The van der Waals surface area contributed by atoms with Gasteiger partial charge in [-0.05, 0) is 24.6 Å². The number of hydrogen-bond acceptors (Lipinski definition) is 5. The first-order valence-electron chi connectivity index (χ1n) is 6.37. The molecule has 1 atom stereocenters. The van der Waals surface area contributed by atoms with E-state index in [0.29, 0.717) is 0 Å². The number of hydrogen-bond donors (Lipinski definition) is 2. The first-order valence-corrected chi connectivity index (χ1v) is 6.37. The highest BCUT2D eigenvalue weighted by molar-refractivity contribution is 5.83. The standard InChI is InChI=1S/C14H16N6/c1-9-7-11(10-5-3-4-6-12(10)17-9)14(18-15)13-8-16-19-20(13)2/h3-8,14,18H,15H2,1-2H3. The average Bonchev–Trinajstić information content (AvgIpc) is 2.86. The Balaban J connectivity index is 2.24. The van der Waals surface area contributed by atoms with Crippen molar-refractivity contribution in [2.24, 2.45) is 12.9 Å². The zero-order chi connectivity index (χ0) is 14.1. The maximum absolute atomic E-state index is 5.77. The molecule has 0 radical (unpaired) electrons. The van der Waals surface area contributed by atoms with Crippen molar-refractivity contribution in [3.05, 3.63) is 53.5 Å². The molecule has 0 saturated carbocycles. The van der Waals surface area contributed by atoms with Crippen LogP contribution in [0.5, 0.6) is 0 Å². The van der Waals surface area contributed by atoms with E-state index in [2.05, 4.69) is 20.7 Å². The van der Waals surface area contributed by atoms with Crippen LogP contribution in [0, 0.1) is 6.92 Å².